The van der Waals surface area contributed by atoms with Gasteiger partial charge in [0.15, 0.2) is 0 Å². The zero-order valence-corrected chi connectivity index (χ0v) is 13.9. The Morgan fingerprint density at radius 2 is 1.76 bits per heavy atom. The Kier molecular flexibility index (Phi) is 10.4. The summed E-state index contributed by atoms with van der Waals surface area (Å²) in [5, 5.41) is 0. The van der Waals surface area contributed by atoms with Crippen molar-refractivity contribution in [3.8, 4) is 0 Å². The summed E-state index contributed by atoms with van der Waals surface area (Å²) in [5.74, 6) is 0.0740. The molecule has 1 aliphatic heterocycles. The summed E-state index contributed by atoms with van der Waals surface area (Å²) in [4.78, 5) is 15.9. The van der Waals surface area contributed by atoms with Crippen LogP contribution >= 0.6 is 24.8 Å². The van der Waals surface area contributed by atoms with Crippen molar-refractivity contribution in [3.05, 3.63) is 35.9 Å². The molecule has 0 bridgehead atoms. The number of halogens is 2. The number of hydrogen-bond donors (Lipinski definition) is 1. The first-order chi connectivity index (χ1) is 9.29. The average molecular weight is 334 g/mol. The van der Waals surface area contributed by atoms with E-state index in [2.05, 4.69) is 29.2 Å². The van der Waals surface area contributed by atoms with E-state index in [1.807, 2.05) is 11.0 Å². The van der Waals surface area contributed by atoms with Gasteiger partial charge >= 0.3 is 0 Å². The third-order valence-electron chi connectivity index (χ3n) is 3.68. The molecule has 2 N–H and O–H groups in total. The third-order valence-corrected chi connectivity index (χ3v) is 3.68. The lowest BCUT2D eigenvalue weighted by Crippen LogP contribution is -2.39. The van der Waals surface area contributed by atoms with Crippen molar-refractivity contribution in [2.24, 2.45) is 5.73 Å². The smallest absolute Gasteiger partial charge is 0.236 e. The molecule has 1 aliphatic rings. The maximum absolute atomic E-state index is 11.6. The van der Waals surface area contributed by atoms with Crippen molar-refractivity contribution in [1.82, 2.24) is 9.80 Å². The van der Waals surface area contributed by atoms with Gasteiger partial charge in [-0.2, -0.15) is 0 Å². The van der Waals surface area contributed by atoms with Crippen LogP contribution in [-0.4, -0.2) is 55.0 Å². The Bertz CT molecular complexity index is 403. The van der Waals surface area contributed by atoms with E-state index < -0.39 is 0 Å². The molecule has 1 amide bonds. The summed E-state index contributed by atoms with van der Waals surface area (Å²) in [6.45, 7) is 4.88. The van der Waals surface area contributed by atoms with Crippen LogP contribution < -0.4 is 5.73 Å². The molecule has 1 fully saturated rings. The molecule has 0 aromatic heterocycles. The molecule has 0 unspecified atom stereocenters. The molecule has 21 heavy (non-hydrogen) atoms. The van der Waals surface area contributed by atoms with Crippen molar-refractivity contribution in [2.45, 2.75) is 12.8 Å². The van der Waals surface area contributed by atoms with Crippen molar-refractivity contribution in [1.29, 1.82) is 0 Å². The van der Waals surface area contributed by atoms with Gasteiger partial charge in [0.05, 0.1) is 6.54 Å². The van der Waals surface area contributed by atoms with Gasteiger partial charge in [0.25, 0.3) is 0 Å². The van der Waals surface area contributed by atoms with E-state index >= 15 is 0 Å². The van der Waals surface area contributed by atoms with Crippen LogP contribution in [0.4, 0.5) is 0 Å². The molecular formula is C15H25Cl2N3O. The first kappa shape index (κ1) is 20.2. The van der Waals surface area contributed by atoms with Gasteiger partial charge < -0.3 is 15.5 Å². The van der Waals surface area contributed by atoms with E-state index in [9.17, 15) is 4.79 Å². The van der Waals surface area contributed by atoms with E-state index in [1.54, 1.807) is 0 Å². The Labute approximate surface area is 139 Å². The molecule has 6 heteroatoms. The Balaban J connectivity index is 0.00000200. The molecule has 120 valence electrons. The number of nitrogens with zero attached hydrogens (tertiary/aromatic N) is 2. The molecule has 2 rings (SSSR count). The number of benzene rings is 1. The third kappa shape index (κ3) is 6.66. The number of amides is 1. The quantitative estimate of drug-likeness (QED) is 0.909. The summed E-state index contributed by atoms with van der Waals surface area (Å²) in [6, 6.07) is 10.6. The maximum Gasteiger partial charge on any atom is 0.236 e. The van der Waals surface area contributed by atoms with E-state index in [1.165, 1.54) is 5.56 Å². The second kappa shape index (κ2) is 10.9. The van der Waals surface area contributed by atoms with Gasteiger partial charge in [-0.15, -0.1) is 24.8 Å². The zero-order valence-electron chi connectivity index (χ0n) is 12.2. The maximum atomic E-state index is 11.6. The van der Waals surface area contributed by atoms with Gasteiger partial charge in [-0.05, 0) is 24.9 Å². The molecule has 1 aromatic rings. The molecule has 0 spiro atoms. The number of nitrogens with two attached hydrogens (primary N) is 1. The molecule has 1 saturated heterocycles. The first-order valence-electron chi connectivity index (χ1n) is 7.03. The van der Waals surface area contributed by atoms with Gasteiger partial charge in [0, 0.05) is 26.2 Å². The van der Waals surface area contributed by atoms with Crippen LogP contribution in [0.15, 0.2) is 30.3 Å². The Morgan fingerprint density at radius 1 is 1.05 bits per heavy atom. The molecule has 1 heterocycles. The van der Waals surface area contributed by atoms with Crippen molar-refractivity contribution in [3.63, 3.8) is 0 Å². The fourth-order valence-corrected chi connectivity index (χ4v) is 2.50. The SMILES string of the molecule is Cl.Cl.NCC(=O)N1CCCN(CCc2ccccc2)CC1. The van der Waals surface area contributed by atoms with Crippen LogP contribution in [0.25, 0.3) is 0 Å². The fraction of sp³-hybridized carbons (Fsp3) is 0.533. The van der Waals surface area contributed by atoms with E-state index in [-0.39, 0.29) is 37.3 Å². The summed E-state index contributed by atoms with van der Waals surface area (Å²) >= 11 is 0. The summed E-state index contributed by atoms with van der Waals surface area (Å²) in [7, 11) is 0. The van der Waals surface area contributed by atoms with Crippen molar-refractivity contribution >= 4 is 30.7 Å². The van der Waals surface area contributed by atoms with Crippen LogP contribution in [0.5, 0.6) is 0 Å². The van der Waals surface area contributed by atoms with Crippen LogP contribution in [-0.2, 0) is 11.2 Å². The predicted molar refractivity (Wildman–Crippen MR) is 91.3 cm³/mol. The van der Waals surface area contributed by atoms with Crippen LogP contribution in [0.2, 0.25) is 0 Å². The zero-order chi connectivity index (χ0) is 13.5. The lowest BCUT2D eigenvalue weighted by atomic mass is 10.1. The fourth-order valence-electron chi connectivity index (χ4n) is 2.50. The number of carbonyl (C=O) groups is 1. The highest BCUT2D eigenvalue weighted by atomic mass is 35.5. The molecular weight excluding hydrogens is 309 g/mol. The van der Waals surface area contributed by atoms with Crippen molar-refractivity contribution < 1.29 is 4.79 Å². The normalized spacial score (nSPS) is 15.6. The summed E-state index contributed by atoms with van der Waals surface area (Å²) < 4.78 is 0. The monoisotopic (exact) mass is 333 g/mol. The van der Waals surface area contributed by atoms with E-state index in [0.717, 1.165) is 45.6 Å². The highest BCUT2D eigenvalue weighted by Crippen LogP contribution is 2.06. The molecule has 4 nitrogen and oxygen atoms in total. The average Bonchev–Trinajstić information content (AvgIpc) is 2.71. The van der Waals surface area contributed by atoms with Gasteiger partial charge in [-0.25, -0.2) is 0 Å². The summed E-state index contributed by atoms with van der Waals surface area (Å²) in [6.07, 6.45) is 2.12. The minimum atomic E-state index is 0. The minimum absolute atomic E-state index is 0. The van der Waals surface area contributed by atoms with E-state index in [4.69, 9.17) is 5.73 Å². The lowest BCUT2D eigenvalue weighted by Gasteiger charge is -2.21. The van der Waals surface area contributed by atoms with Crippen molar-refractivity contribution in [2.75, 3.05) is 39.3 Å². The standard InChI is InChI=1S/C15H23N3O.2ClH/c16-13-15(19)18-9-4-8-17(11-12-18)10-7-14-5-2-1-3-6-14;;/h1-3,5-6H,4,7-13,16H2;2*1H. The Hall–Kier alpha value is -0.810. The van der Waals surface area contributed by atoms with Gasteiger partial charge in [-0.1, -0.05) is 30.3 Å². The minimum Gasteiger partial charge on any atom is -0.340 e. The Morgan fingerprint density at radius 3 is 2.43 bits per heavy atom. The topological polar surface area (TPSA) is 49.6 Å². The van der Waals surface area contributed by atoms with Gasteiger partial charge in [0.2, 0.25) is 5.91 Å². The van der Waals surface area contributed by atoms with Crippen LogP contribution in [0.1, 0.15) is 12.0 Å². The molecule has 0 aliphatic carbocycles. The highest BCUT2D eigenvalue weighted by molar-refractivity contribution is 5.85. The largest absolute Gasteiger partial charge is 0.340 e. The number of hydrogen-bond acceptors (Lipinski definition) is 3. The van der Waals surface area contributed by atoms with Crippen LogP contribution in [0.3, 0.4) is 0 Å². The summed E-state index contributed by atoms with van der Waals surface area (Å²) in [5.41, 5.74) is 6.79. The number of rotatable bonds is 4. The first-order valence-corrected chi connectivity index (χ1v) is 7.03. The van der Waals surface area contributed by atoms with Gasteiger partial charge in [0.1, 0.15) is 0 Å². The lowest BCUT2D eigenvalue weighted by molar-refractivity contribution is -0.129. The van der Waals surface area contributed by atoms with Crippen LogP contribution in [0, 0.1) is 0 Å². The highest BCUT2D eigenvalue weighted by Gasteiger charge is 2.17. The molecule has 1 aromatic carbocycles. The second-order valence-corrected chi connectivity index (χ2v) is 5.02. The molecule has 0 saturated carbocycles. The second-order valence-electron chi connectivity index (χ2n) is 5.02. The molecule has 0 radical (unpaired) electrons. The van der Waals surface area contributed by atoms with E-state index in [0.29, 0.717) is 0 Å². The predicted octanol–water partition coefficient (Wildman–Crippen LogP) is 1.57. The molecule has 0 atom stereocenters. The number of carbonyl (C=O) groups excluding carboxylic acids is 1. The van der Waals surface area contributed by atoms with Gasteiger partial charge in [-0.3, -0.25) is 4.79 Å².